The Bertz CT molecular complexity index is 589. The third kappa shape index (κ3) is 1.78. The lowest BCUT2D eigenvalue weighted by atomic mass is 10.1. The van der Waals surface area contributed by atoms with E-state index in [1.807, 2.05) is 6.07 Å². The van der Waals surface area contributed by atoms with Crippen LogP contribution in [0.1, 0.15) is 11.3 Å². The first-order valence-corrected chi connectivity index (χ1v) is 5.78. The van der Waals surface area contributed by atoms with Crippen molar-refractivity contribution in [1.82, 2.24) is 24.6 Å². The topological polar surface area (TPSA) is 98.9 Å². The van der Waals surface area contributed by atoms with Gasteiger partial charge in [-0.3, -0.25) is 4.98 Å². The van der Waals surface area contributed by atoms with Crippen molar-refractivity contribution in [2.75, 3.05) is 25.1 Å². The number of hydrogen-bond acceptors (Lipinski definition) is 6. The van der Waals surface area contributed by atoms with Crippen molar-refractivity contribution in [2.24, 2.45) is 0 Å². The number of aromatic nitrogens is 4. The lowest BCUT2D eigenvalue weighted by Crippen LogP contribution is -2.27. The molecule has 0 aromatic carbocycles. The van der Waals surface area contributed by atoms with Gasteiger partial charge in [0.1, 0.15) is 0 Å². The Kier molecular flexibility index (Phi) is 2.41. The van der Waals surface area contributed by atoms with Crippen LogP contribution in [0.4, 0.5) is 11.9 Å². The van der Waals surface area contributed by atoms with Crippen LogP contribution in [-0.2, 0) is 13.0 Å². The fraction of sp³-hybridized carbons (Fsp3) is 0.364. The molecule has 0 amide bonds. The Hall–Kier alpha value is -2.15. The van der Waals surface area contributed by atoms with E-state index in [1.54, 1.807) is 6.20 Å². The zero-order chi connectivity index (χ0) is 12.7. The van der Waals surface area contributed by atoms with Crippen LogP contribution >= 0.6 is 0 Å². The van der Waals surface area contributed by atoms with Gasteiger partial charge in [0.05, 0.1) is 11.9 Å². The standard InChI is InChI=1S/C11H15N7/c1-17-3-2-9-7(6-17)4-8(5-14-9)18-11(13)15-10(12)16-18/h4-5H,2-3,6H2,1H3,(H4,12,13,15,16). The van der Waals surface area contributed by atoms with Gasteiger partial charge in [-0.05, 0) is 18.7 Å². The summed E-state index contributed by atoms with van der Waals surface area (Å²) in [6, 6.07) is 2.04. The fourth-order valence-corrected chi connectivity index (χ4v) is 2.20. The molecule has 3 heterocycles. The second-order valence-corrected chi connectivity index (χ2v) is 4.53. The average Bonchev–Trinajstić information content (AvgIpc) is 2.67. The smallest absolute Gasteiger partial charge is 0.241 e. The summed E-state index contributed by atoms with van der Waals surface area (Å²) in [5.74, 6) is 0.445. The van der Waals surface area contributed by atoms with Crippen LogP contribution in [0.2, 0.25) is 0 Å². The molecule has 0 bridgehead atoms. The van der Waals surface area contributed by atoms with Crippen LogP contribution in [0.25, 0.3) is 5.69 Å². The summed E-state index contributed by atoms with van der Waals surface area (Å²) in [6.07, 6.45) is 2.73. The van der Waals surface area contributed by atoms with Gasteiger partial charge in [-0.2, -0.15) is 9.67 Å². The van der Waals surface area contributed by atoms with Crippen molar-refractivity contribution in [1.29, 1.82) is 0 Å². The number of hydrogen-bond donors (Lipinski definition) is 2. The number of rotatable bonds is 1. The molecule has 0 unspecified atom stereocenters. The zero-order valence-corrected chi connectivity index (χ0v) is 10.2. The predicted octanol–water partition coefficient (Wildman–Crippen LogP) is -0.185. The zero-order valence-electron chi connectivity index (χ0n) is 10.2. The normalized spacial score (nSPS) is 15.6. The largest absolute Gasteiger partial charge is 0.368 e. The van der Waals surface area contributed by atoms with Gasteiger partial charge in [-0.1, -0.05) is 0 Å². The number of fused-ring (bicyclic) bond motifs is 1. The Morgan fingerprint density at radius 2 is 2.17 bits per heavy atom. The van der Waals surface area contributed by atoms with E-state index in [1.165, 1.54) is 10.2 Å². The van der Waals surface area contributed by atoms with Gasteiger partial charge >= 0.3 is 0 Å². The van der Waals surface area contributed by atoms with Crippen molar-refractivity contribution in [3.05, 3.63) is 23.5 Å². The van der Waals surface area contributed by atoms with Gasteiger partial charge < -0.3 is 16.4 Å². The van der Waals surface area contributed by atoms with Crippen LogP contribution in [0, 0.1) is 0 Å². The van der Waals surface area contributed by atoms with Crippen molar-refractivity contribution >= 4 is 11.9 Å². The van der Waals surface area contributed by atoms with E-state index in [9.17, 15) is 0 Å². The highest BCUT2D eigenvalue weighted by Gasteiger charge is 2.16. The fourth-order valence-electron chi connectivity index (χ4n) is 2.20. The maximum atomic E-state index is 5.75. The third-order valence-electron chi connectivity index (χ3n) is 3.11. The Morgan fingerprint density at radius 3 is 2.89 bits per heavy atom. The van der Waals surface area contributed by atoms with E-state index in [0.717, 1.165) is 30.9 Å². The molecule has 0 fully saturated rings. The van der Waals surface area contributed by atoms with Crippen molar-refractivity contribution in [3.8, 4) is 5.69 Å². The maximum absolute atomic E-state index is 5.75. The molecule has 1 aliphatic heterocycles. The van der Waals surface area contributed by atoms with E-state index in [2.05, 4.69) is 27.0 Å². The molecule has 1 aliphatic rings. The highest BCUT2D eigenvalue weighted by molar-refractivity contribution is 5.42. The Balaban J connectivity index is 2.04. The van der Waals surface area contributed by atoms with Crippen LogP contribution in [-0.4, -0.2) is 38.2 Å². The number of pyridine rings is 1. The molecule has 94 valence electrons. The summed E-state index contributed by atoms with van der Waals surface area (Å²) in [7, 11) is 2.09. The molecule has 7 nitrogen and oxygen atoms in total. The maximum Gasteiger partial charge on any atom is 0.241 e. The molecule has 0 atom stereocenters. The van der Waals surface area contributed by atoms with E-state index in [-0.39, 0.29) is 11.9 Å². The lowest BCUT2D eigenvalue weighted by Gasteiger charge is -2.24. The molecule has 4 N–H and O–H groups in total. The SMILES string of the molecule is CN1CCc2ncc(-n3nc(N)nc3N)cc2C1. The summed E-state index contributed by atoms with van der Waals surface area (Å²) in [6.45, 7) is 1.93. The van der Waals surface area contributed by atoms with Crippen molar-refractivity contribution in [3.63, 3.8) is 0 Å². The van der Waals surface area contributed by atoms with E-state index < -0.39 is 0 Å². The molecule has 0 saturated heterocycles. The predicted molar refractivity (Wildman–Crippen MR) is 68.0 cm³/mol. The summed E-state index contributed by atoms with van der Waals surface area (Å²) in [5, 5.41) is 4.05. The number of likely N-dealkylation sites (N-methyl/N-ethyl adjacent to an activating group) is 1. The molecule has 3 rings (SSSR count). The van der Waals surface area contributed by atoms with Gasteiger partial charge in [-0.25, -0.2) is 0 Å². The van der Waals surface area contributed by atoms with Gasteiger partial charge in [0, 0.05) is 25.2 Å². The molecule has 0 radical (unpaired) electrons. The molecule has 18 heavy (non-hydrogen) atoms. The first-order valence-electron chi connectivity index (χ1n) is 5.78. The van der Waals surface area contributed by atoms with E-state index >= 15 is 0 Å². The van der Waals surface area contributed by atoms with Gasteiger partial charge in [0.2, 0.25) is 11.9 Å². The van der Waals surface area contributed by atoms with Gasteiger partial charge in [-0.15, -0.1) is 5.10 Å². The number of nitrogen functional groups attached to an aromatic ring is 2. The quantitative estimate of drug-likeness (QED) is 0.722. The Morgan fingerprint density at radius 1 is 1.33 bits per heavy atom. The number of anilines is 2. The summed E-state index contributed by atoms with van der Waals surface area (Å²) in [5.41, 5.74) is 14.4. The molecule has 2 aromatic rings. The number of nitrogens with two attached hydrogens (primary N) is 2. The first-order chi connectivity index (χ1) is 8.63. The van der Waals surface area contributed by atoms with E-state index in [4.69, 9.17) is 11.5 Å². The molecule has 0 saturated carbocycles. The molecule has 0 aliphatic carbocycles. The van der Waals surface area contributed by atoms with Gasteiger partial charge in [0.15, 0.2) is 0 Å². The minimum Gasteiger partial charge on any atom is -0.368 e. The molecular formula is C11H15N7. The second kappa shape index (κ2) is 3.95. The monoisotopic (exact) mass is 245 g/mol. The number of nitrogens with zero attached hydrogens (tertiary/aromatic N) is 5. The van der Waals surface area contributed by atoms with Crippen molar-refractivity contribution < 1.29 is 0 Å². The summed E-state index contributed by atoms with van der Waals surface area (Å²) >= 11 is 0. The second-order valence-electron chi connectivity index (χ2n) is 4.53. The third-order valence-corrected chi connectivity index (χ3v) is 3.11. The highest BCUT2D eigenvalue weighted by atomic mass is 15.4. The molecule has 2 aromatic heterocycles. The average molecular weight is 245 g/mol. The van der Waals surface area contributed by atoms with Crippen LogP contribution in [0.5, 0.6) is 0 Å². The molecule has 0 spiro atoms. The lowest BCUT2D eigenvalue weighted by molar-refractivity contribution is 0.310. The van der Waals surface area contributed by atoms with E-state index in [0.29, 0.717) is 0 Å². The summed E-state index contributed by atoms with van der Waals surface area (Å²) < 4.78 is 1.51. The summed E-state index contributed by atoms with van der Waals surface area (Å²) in [4.78, 5) is 10.6. The molecular weight excluding hydrogens is 230 g/mol. The van der Waals surface area contributed by atoms with Crippen LogP contribution in [0.15, 0.2) is 12.3 Å². The van der Waals surface area contributed by atoms with Crippen molar-refractivity contribution in [2.45, 2.75) is 13.0 Å². The molecule has 7 heteroatoms. The Labute approximate surface area is 104 Å². The minimum absolute atomic E-state index is 0.169. The first kappa shape index (κ1) is 11.0. The minimum atomic E-state index is 0.169. The van der Waals surface area contributed by atoms with Gasteiger partial charge in [0.25, 0.3) is 0 Å². The van der Waals surface area contributed by atoms with Crippen LogP contribution < -0.4 is 11.5 Å². The van der Waals surface area contributed by atoms with Crippen LogP contribution in [0.3, 0.4) is 0 Å². The highest BCUT2D eigenvalue weighted by Crippen LogP contribution is 2.20.